The standard InChI is InChI=1S/C33H43N3O7/c1-33(2,3)43-32(39)36-29(21-24-9-7-6-8-10-24)30(37)34-17-18-35-31(38)42-26-15-13-23(14-16-26)11-12-25-19-27(40-4)22-28(20-25)41-5/h6-16,19,25,28-29H,17-18,20-22H2,1-5H3,(H,34,37)(H,35,38)(H,36,39)/b12-11+/i4D3,5D3,11D,12D,20D2,25D,28D. The Morgan fingerprint density at radius 1 is 1.07 bits per heavy atom. The van der Waals surface area contributed by atoms with Crippen molar-refractivity contribution < 1.29 is 49.8 Å². The van der Waals surface area contributed by atoms with E-state index in [-0.39, 0.29) is 30.8 Å². The quantitative estimate of drug-likeness (QED) is 0.291. The summed E-state index contributed by atoms with van der Waals surface area (Å²) >= 11 is 0. The van der Waals surface area contributed by atoms with Gasteiger partial charge in [0.15, 0.2) is 0 Å². The van der Waals surface area contributed by atoms with E-state index in [0.29, 0.717) is 6.08 Å². The topological polar surface area (TPSA) is 124 Å². The number of amides is 3. The number of hydrogen-bond donors (Lipinski definition) is 3. The molecule has 0 saturated carbocycles. The number of nitrogens with one attached hydrogen (secondary N) is 3. The highest BCUT2D eigenvalue weighted by Gasteiger charge is 2.25. The van der Waals surface area contributed by atoms with Crippen LogP contribution in [0.2, 0.25) is 0 Å². The zero-order valence-electron chi connectivity index (χ0n) is 36.0. The molecule has 0 aromatic heterocycles. The van der Waals surface area contributed by atoms with E-state index in [1.807, 2.05) is 6.07 Å². The summed E-state index contributed by atoms with van der Waals surface area (Å²) in [5.74, 6) is -4.32. The number of carbonyl (C=O) groups excluding carboxylic acids is 3. The van der Waals surface area contributed by atoms with Gasteiger partial charge in [-0.05, 0) is 56.5 Å². The molecule has 2 aromatic carbocycles. The SMILES string of the molecule is [2H]/C(=C(/[2H])C1([2H])C=C(OC([2H])([2H])[2H])CC([2H])(OC([2H])([2H])[2H])C1([2H])[2H])c1ccc(OC(=O)NCCNC(=O)C(Cc2ccccc2)NC(=O)OC(C)(C)C)cc1. The Hall–Kier alpha value is -4.31. The van der Waals surface area contributed by atoms with E-state index in [2.05, 4.69) is 16.0 Å². The van der Waals surface area contributed by atoms with Crippen LogP contribution in [-0.2, 0) is 25.4 Å². The Morgan fingerprint density at radius 3 is 2.51 bits per heavy atom. The third-order valence-corrected chi connectivity index (χ3v) is 5.56. The first-order valence-corrected chi connectivity index (χ1v) is 13.3. The Bertz CT molecular complexity index is 1750. The number of rotatable bonds is 12. The molecule has 0 bridgehead atoms. The van der Waals surface area contributed by atoms with Gasteiger partial charge in [-0.1, -0.05) is 54.6 Å². The first-order chi connectivity index (χ1) is 25.1. The summed E-state index contributed by atoms with van der Waals surface area (Å²) in [7, 11) is -6.51. The first-order valence-electron chi connectivity index (χ1n) is 19.3. The van der Waals surface area contributed by atoms with Crippen molar-refractivity contribution in [2.75, 3.05) is 27.2 Å². The predicted molar refractivity (Wildman–Crippen MR) is 164 cm³/mol. The van der Waals surface area contributed by atoms with Crippen LogP contribution in [0.1, 0.15) is 61.1 Å². The molecule has 0 saturated heterocycles. The van der Waals surface area contributed by atoms with Gasteiger partial charge in [0.2, 0.25) is 5.91 Å². The minimum absolute atomic E-state index is 0.0350. The summed E-state index contributed by atoms with van der Waals surface area (Å²) in [6.07, 6.45) is -8.43. The maximum absolute atomic E-state index is 13.0. The number of alkyl carbamates (subject to hydrolysis) is 1. The van der Waals surface area contributed by atoms with Crippen LogP contribution in [0.5, 0.6) is 5.75 Å². The predicted octanol–water partition coefficient (Wildman–Crippen LogP) is 5.00. The van der Waals surface area contributed by atoms with Crippen molar-refractivity contribution in [1.29, 1.82) is 0 Å². The van der Waals surface area contributed by atoms with Gasteiger partial charge in [0.1, 0.15) is 17.4 Å². The van der Waals surface area contributed by atoms with E-state index in [1.165, 1.54) is 24.3 Å². The zero-order chi connectivity index (χ0) is 41.6. The fourth-order valence-electron chi connectivity index (χ4n) is 3.67. The number of benzene rings is 2. The lowest BCUT2D eigenvalue weighted by Crippen LogP contribution is -2.50. The lowest BCUT2D eigenvalue weighted by atomic mass is 9.91. The third-order valence-electron chi connectivity index (χ3n) is 5.56. The van der Waals surface area contributed by atoms with Gasteiger partial charge in [-0.3, -0.25) is 4.79 Å². The van der Waals surface area contributed by atoms with Crippen LogP contribution in [-0.4, -0.2) is 63.0 Å². The van der Waals surface area contributed by atoms with Crippen molar-refractivity contribution >= 4 is 24.1 Å². The number of allylic oxidation sites excluding steroid dienone is 2. The van der Waals surface area contributed by atoms with Gasteiger partial charge < -0.3 is 34.9 Å². The van der Waals surface area contributed by atoms with Crippen LogP contribution in [0.25, 0.3) is 6.05 Å². The van der Waals surface area contributed by atoms with Gasteiger partial charge >= 0.3 is 12.2 Å². The Morgan fingerprint density at radius 2 is 1.81 bits per heavy atom. The van der Waals surface area contributed by atoms with Crippen molar-refractivity contribution in [2.45, 2.75) is 57.7 Å². The van der Waals surface area contributed by atoms with Crippen LogP contribution in [0.3, 0.4) is 0 Å². The molecule has 43 heavy (non-hydrogen) atoms. The van der Waals surface area contributed by atoms with Crippen LogP contribution in [0.15, 0.2) is 72.5 Å². The van der Waals surface area contributed by atoms with E-state index in [1.54, 1.807) is 45.0 Å². The van der Waals surface area contributed by atoms with Gasteiger partial charge in [0, 0.05) is 43.0 Å². The van der Waals surface area contributed by atoms with Crippen LogP contribution < -0.4 is 20.7 Å². The molecule has 3 rings (SSSR count). The maximum atomic E-state index is 13.0. The molecule has 3 unspecified atom stereocenters. The van der Waals surface area contributed by atoms with Crippen molar-refractivity contribution in [3.63, 3.8) is 0 Å². The monoisotopic (exact) mass is 605 g/mol. The smallest absolute Gasteiger partial charge is 0.412 e. The number of ether oxygens (including phenoxy) is 4. The summed E-state index contributed by atoms with van der Waals surface area (Å²) in [6, 6.07) is 11.0. The van der Waals surface area contributed by atoms with E-state index >= 15 is 0 Å². The molecule has 1 aliphatic carbocycles. The summed E-state index contributed by atoms with van der Waals surface area (Å²) < 4.78 is 116. The highest BCUT2D eigenvalue weighted by atomic mass is 16.6. The van der Waals surface area contributed by atoms with Crippen LogP contribution in [0.4, 0.5) is 9.59 Å². The van der Waals surface area contributed by atoms with E-state index in [0.717, 1.165) is 5.56 Å². The largest absolute Gasteiger partial charge is 0.501 e. The van der Waals surface area contributed by atoms with Gasteiger partial charge in [0.05, 0.1) is 31.2 Å². The molecule has 3 amide bonds. The summed E-state index contributed by atoms with van der Waals surface area (Å²) in [6.45, 7) is 4.94. The molecule has 0 radical (unpaired) electrons. The molecule has 0 heterocycles. The third kappa shape index (κ3) is 12.2. The molecule has 2 aromatic rings. The van der Waals surface area contributed by atoms with Gasteiger partial charge in [-0.25, -0.2) is 9.59 Å². The van der Waals surface area contributed by atoms with Crippen molar-refractivity contribution in [3.8, 4) is 5.75 Å². The number of carbonyl (C=O) groups is 3. The van der Waals surface area contributed by atoms with Crippen molar-refractivity contribution in [3.05, 3.63) is 83.6 Å². The Labute approximate surface area is 270 Å². The maximum Gasteiger partial charge on any atom is 0.412 e. The minimum atomic E-state index is -3.36. The van der Waals surface area contributed by atoms with E-state index < -0.39 is 86.4 Å². The van der Waals surface area contributed by atoms with Crippen LogP contribution >= 0.6 is 0 Å². The highest BCUT2D eigenvalue weighted by Crippen LogP contribution is 2.27. The average Bonchev–Trinajstić information content (AvgIpc) is 3.03. The van der Waals surface area contributed by atoms with Crippen molar-refractivity contribution in [1.82, 2.24) is 16.0 Å². The second kappa shape index (κ2) is 16.4. The molecular formula is C33H43N3O7. The van der Waals surface area contributed by atoms with Gasteiger partial charge in [-0.15, -0.1) is 0 Å². The summed E-state index contributed by atoms with van der Waals surface area (Å²) in [4.78, 5) is 37.8. The fraction of sp³-hybridized carbons (Fsp3) is 0.424. The van der Waals surface area contributed by atoms with E-state index in [9.17, 15) is 14.4 Å². The molecule has 0 fully saturated rings. The first kappa shape index (κ1) is 19.8. The second-order valence-electron chi connectivity index (χ2n) is 10.2. The molecule has 232 valence electrons. The number of hydrogen-bond acceptors (Lipinski definition) is 7. The lowest BCUT2D eigenvalue weighted by molar-refractivity contribution is -0.123. The van der Waals surface area contributed by atoms with Crippen LogP contribution in [0, 0.1) is 5.89 Å². The molecule has 10 nitrogen and oxygen atoms in total. The molecule has 3 atom stereocenters. The minimum Gasteiger partial charge on any atom is -0.501 e. The normalized spacial score (nSPS) is 27.1. The van der Waals surface area contributed by atoms with Gasteiger partial charge in [0.25, 0.3) is 0 Å². The van der Waals surface area contributed by atoms with Gasteiger partial charge in [-0.2, -0.15) is 0 Å². The fourth-order valence-corrected chi connectivity index (χ4v) is 3.67. The van der Waals surface area contributed by atoms with E-state index in [4.69, 9.17) is 35.4 Å². The highest BCUT2D eigenvalue weighted by molar-refractivity contribution is 5.86. The molecule has 10 heteroatoms. The Kier molecular flexibility index (Phi) is 7.53. The summed E-state index contributed by atoms with van der Waals surface area (Å²) in [5, 5.41) is 7.64. The van der Waals surface area contributed by atoms with Crippen molar-refractivity contribution in [2.24, 2.45) is 5.89 Å². The molecule has 3 N–H and O–H groups in total. The zero-order valence-corrected chi connectivity index (χ0v) is 24.0. The Balaban J connectivity index is 1.68. The summed E-state index contributed by atoms with van der Waals surface area (Å²) in [5.41, 5.74) is -0.0879. The molecule has 0 aliphatic heterocycles. The molecular weight excluding hydrogens is 550 g/mol. The lowest BCUT2D eigenvalue weighted by Gasteiger charge is -2.25. The second-order valence-corrected chi connectivity index (χ2v) is 10.2. The molecule has 0 spiro atoms. The number of methoxy groups -OCH3 is 2. The molecule has 1 aliphatic rings. The average molecular weight is 606 g/mol.